The van der Waals surface area contributed by atoms with E-state index in [1.807, 2.05) is 13.8 Å². The summed E-state index contributed by atoms with van der Waals surface area (Å²) in [6, 6.07) is 7.59. The molecule has 0 aromatic heterocycles. The van der Waals surface area contributed by atoms with Crippen molar-refractivity contribution in [3.8, 4) is 0 Å². The first-order valence-electron chi connectivity index (χ1n) is 7.67. The van der Waals surface area contributed by atoms with Crippen LogP contribution >= 0.6 is 0 Å². The summed E-state index contributed by atoms with van der Waals surface area (Å²) in [4.78, 5) is 5.08. The predicted molar refractivity (Wildman–Crippen MR) is 82.4 cm³/mol. The van der Waals surface area contributed by atoms with E-state index in [1.165, 1.54) is 30.9 Å². The Hall–Kier alpha value is -1.22. The lowest BCUT2D eigenvalue weighted by molar-refractivity contribution is 0.402. The number of likely N-dealkylation sites (N-methyl/N-ethyl adjacent to an activating group) is 1. The van der Waals surface area contributed by atoms with Crippen LogP contribution in [0, 0.1) is 0 Å². The maximum atomic E-state index is 3.55. The summed E-state index contributed by atoms with van der Waals surface area (Å²) in [7, 11) is 2.22. The van der Waals surface area contributed by atoms with Crippen LogP contribution in [-0.2, 0) is 0 Å². The van der Waals surface area contributed by atoms with Crippen LogP contribution in [0.5, 0.6) is 0 Å². The van der Waals surface area contributed by atoms with Crippen molar-refractivity contribution in [1.82, 2.24) is 5.32 Å². The van der Waals surface area contributed by atoms with Gasteiger partial charge in [0, 0.05) is 38.6 Å². The van der Waals surface area contributed by atoms with Gasteiger partial charge in [0.05, 0.1) is 11.4 Å². The number of anilines is 2. The molecule has 104 valence electrons. The molecule has 0 saturated carbocycles. The first-order chi connectivity index (χ1) is 9.36. The van der Waals surface area contributed by atoms with E-state index >= 15 is 0 Å². The fraction of sp³-hybridized carbons (Fsp3) is 0.625. The summed E-state index contributed by atoms with van der Waals surface area (Å²) in [6.07, 6.45) is 1.29. The van der Waals surface area contributed by atoms with Crippen molar-refractivity contribution in [2.75, 3.05) is 43.0 Å². The summed E-state index contributed by atoms with van der Waals surface area (Å²) in [5, 5.41) is 3.55. The number of hydrogen-bond acceptors (Lipinski definition) is 3. The van der Waals surface area contributed by atoms with Gasteiger partial charge in [0.1, 0.15) is 0 Å². The summed E-state index contributed by atoms with van der Waals surface area (Å²) >= 11 is 0. The Morgan fingerprint density at radius 3 is 2.89 bits per heavy atom. The molecular formula is C16H25N3. The Balaban J connectivity index is 0.000000528. The highest BCUT2D eigenvalue weighted by Crippen LogP contribution is 2.49. The van der Waals surface area contributed by atoms with E-state index < -0.39 is 0 Å². The molecule has 1 fully saturated rings. The van der Waals surface area contributed by atoms with E-state index in [-0.39, 0.29) is 0 Å². The van der Waals surface area contributed by atoms with E-state index in [9.17, 15) is 0 Å². The molecule has 0 radical (unpaired) electrons. The zero-order valence-electron chi connectivity index (χ0n) is 12.3. The average molecular weight is 259 g/mol. The van der Waals surface area contributed by atoms with Gasteiger partial charge in [-0.05, 0) is 24.6 Å². The van der Waals surface area contributed by atoms with E-state index in [2.05, 4.69) is 40.4 Å². The van der Waals surface area contributed by atoms with Gasteiger partial charge in [0.15, 0.2) is 0 Å². The van der Waals surface area contributed by atoms with Gasteiger partial charge in [-0.2, -0.15) is 0 Å². The molecule has 0 aliphatic carbocycles. The molecule has 2 atom stereocenters. The fourth-order valence-corrected chi connectivity index (χ4v) is 3.83. The van der Waals surface area contributed by atoms with Crippen LogP contribution < -0.4 is 15.1 Å². The SMILES string of the molecule is CC.CN1CCN2c3c(cccc31)[C@H]1CNCC[C@H]12. The molecule has 1 saturated heterocycles. The van der Waals surface area contributed by atoms with E-state index in [4.69, 9.17) is 0 Å². The highest BCUT2D eigenvalue weighted by atomic mass is 15.3. The van der Waals surface area contributed by atoms with Gasteiger partial charge in [-0.3, -0.25) is 0 Å². The number of nitrogens with one attached hydrogen (secondary N) is 1. The molecule has 3 heterocycles. The average Bonchev–Trinajstić information content (AvgIpc) is 2.81. The predicted octanol–water partition coefficient (Wildman–Crippen LogP) is 2.43. The van der Waals surface area contributed by atoms with Crippen molar-refractivity contribution < 1.29 is 0 Å². The molecule has 19 heavy (non-hydrogen) atoms. The standard InChI is InChI=1S/C14H19N3.C2H6/c1-16-7-8-17-12-5-6-15-9-11(12)10-3-2-4-13(16)14(10)17;1-2/h2-4,11-12,15H,5-9H2,1H3;1-2H3/t11-,12-;/m1./s1. The third-order valence-electron chi connectivity index (χ3n) is 4.67. The third-order valence-corrected chi connectivity index (χ3v) is 4.67. The fourth-order valence-electron chi connectivity index (χ4n) is 3.83. The minimum atomic E-state index is 0.713. The number of rotatable bonds is 0. The molecule has 1 N–H and O–H groups in total. The van der Waals surface area contributed by atoms with Crippen LogP contribution in [0.25, 0.3) is 0 Å². The van der Waals surface area contributed by atoms with Crippen molar-refractivity contribution in [3.63, 3.8) is 0 Å². The largest absolute Gasteiger partial charge is 0.371 e. The quantitative estimate of drug-likeness (QED) is 0.772. The van der Waals surface area contributed by atoms with Gasteiger partial charge < -0.3 is 15.1 Å². The molecule has 0 spiro atoms. The normalized spacial score (nSPS) is 27.3. The molecule has 3 nitrogen and oxygen atoms in total. The molecule has 3 aliphatic heterocycles. The number of hydrogen-bond donors (Lipinski definition) is 1. The van der Waals surface area contributed by atoms with E-state index in [0.717, 1.165) is 19.1 Å². The number of para-hydroxylation sites is 1. The van der Waals surface area contributed by atoms with Crippen LogP contribution in [0.4, 0.5) is 11.4 Å². The van der Waals surface area contributed by atoms with Crippen LogP contribution in [0.1, 0.15) is 31.7 Å². The van der Waals surface area contributed by atoms with Crippen molar-refractivity contribution in [1.29, 1.82) is 0 Å². The Labute approximate surface area is 116 Å². The Bertz CT molecular complexity index is 457. The maximum Gasteiger partial charge on any atom is 0.0644 e. The molecule has 0 unspecified atom stereocenters. The first-order valence-corrected chi connectivity index (χ1v) is 7.67. The second kappa shape index (κ2) is 5.04. The van der Waals surface area contributed by atoms with Gasteiger partial charge in [-0.1, -0.05) is 26.0 Å². The summed E-state index contributed by atoms with van der Waals surface area (Å²) < 4.78 is 0. The van der Waals surface area contributed by atoms with Crippen LogP contribution in [0.15, 0.2) is 18.2 Å². The van der Waals surface area contributed by atoms with Crippen LogP contribution in [0.2, 0.25) is 0 Å². The monoisotopic (exact) mass is 259 g/mol. The number of fused-ring (bicyclic) bond motifs is 3. The molecule has 3 heteroatoms. The highest BCUT2D eigenvalue weighted by molar-refractivity contribution is 5.80. The Kier molecular flexibility index (Phi) is 3.40. The zero-order chi connectivity index (χ0) is 13.4. The van der Waals surface area contributed by atoms with Crippen LogP contribution in [-0.4, -0.2) is 39.3 Å². The summed E-state index contributed by atoms with van der Waals surface area (Å²) in [5.41, 5.74) is 4.54. The van der Waals surface area contributed by atoms with Gasteiger partial charge in [0.25, 0.3) is 0 Å². The van der Waals surface area contributed by atoms with Crippen molar-refractivity contribution >= 4 is 11.4 Å². The van der Waals surface area contributed by atoms with Gasteiger partial charge in [-0.15, -0.1) is 0 Å². The van der Waals surface area contributed by atoms with E-state index in [0.29, 0.717) is 5.92 Å². The van der Waals surface area contributed by atoms with Gasteiger partial charge >= 0.3 is 0 Å². The lowest BCUT2D eigenvalue weighted by Gasteiger charge is -2.39. The third kappa shape index (κ3) is 1.83. The van der Waals surface area contributed by atoms with Crippen molar-refractivity contribution in [2.24, 2.45) is 0 Å². The minimum Gasteiger partial charge on any atom is -0.371 e. The molecule has 4 rings (SSSR count). The molecule has 3 aliphatic rings. The molecule has 0 amide bonds. The van der Waals surface area contributed by atoms with Crippen LogP contribution in [0.3, 0.4) is 0 Å². The van der Waals surface area contributed by atoms with Gasteiger partial charge in [-0.25, -0.2) is 0 Å². The van der Waals surface area contributed by atoms with Crippen molar-refractivity contribution in [2.45, 2.75) is 32.2 Å². The topological polar surface area (TPSA) is 18.5 Å². The second-order valence-electron chi connectivity index (χ2n) is 5.50. The molecular weight excluding hydrogens is 234 g/mol. The first kappa shape index (κ1) is 12.8. The minimum absolute atomic E-state index is 0.713. The molecule has 0 bridgehead atoms. The molecule has 1 aromatic rings. The van der Waals surface area contributed by atoms with Crippen molar-refractivity contribution in [3.05, 3.63) is 23.8 Å². The zero-order valence-corrected chi connectivity index (χ0v) is 12.3. The summed E-state index contributed by atoms with van der Waals surface area (Å²) in [5.74, 6) is 0.713. The summed E-state index contributed by atoms with van der Waals surface area (Å²) in [6.45, 7) is 8.69. The maximum absolute atomic E-state index is 3.55. The Morgan fingerprint density at radius 2 is 2.05 bits per heavy atom. The van der Waals surface area contributed by atoms with E-state index in [1.54, 1.807) is 5.56 Å². The number of nitrogens with zero attached hydrogens (tertiary/aromatic N) is 2. The second-order valence-corrected chi connectivity index (χ2v) is 5.50. The number of piperidine rings is 1. The Morgan fingerprint density at radius 1 is 1.21 bits per heavy atom. The lowest BCUT2D eigenvalue weighted by atomic mass is 9.90. The smallest absolute Gasteiger partial charge is 0.0644 e. The van der Waals surface area contributed by atoms with Gasteiger partial charge in [0.2, 0.25) is 0 Å². The number of benzene rings is 1. The highest BCUT2D eigenvalue weighted by Gasteiger charge is 2.42. The lowest BCUT2D eigenvalue weighted by Crippen LogP contribution is -2.48. The molecule has 1 aromatic carbocycles.